The number of aliphatic hydroxyl groups is 7. The van der Waals surface area contributed by atoms with Gasteiger partial charge in [-0.2, -0.15) is 11.9 Å². The molecule has 292 valence electrons. The van der Waals surface area contributed by atoms with Crippen molar-refractivity contribution in [3.63, 3.8) is 0 Å². The van der Waals surface area contributed by atoms with Gasteiger partial charge in [0.25, 0.3) is 0 Å². The molecule has 10 atom stereocenters. The molecule has 0 radical (unpaired) electrons. The number of carbonyl (C=O) groups is 2. The summed E-state index contributed by atoms with van der Waals surface area (Å²) in [6.45, 7) is 1.87. The number of esters is 1. The Morgan fingerprint density at radius 1 is 0.944 bits per heavy atom. The summed E-state index contributed by atoms with van der Waals surface area (Å²) in [6, 6.07) is 6.79. The van der Waals surface area contributed by atoms with Crippen molar-refractivity contribution < 1.29 is 94.2 Å². The Morgan fingerprint density at radius 3 is 2.31 bits per heavy atom. The molecule has 0 spiro atoms. The molecule has 3 aromatic rings. The summed E-state index contributed by atoms with van der Waals surface area (Å²) >= 11 is 0. The number of aliphatic hydroxyl groups excluding tert-OH is 5. The van der Waals surface area contributed by atoms with Gasteiger partial charge in [-0.3, -0.25) is 4.79 Å². The number of aromatic hydroxyl groups is 3. The average Bonchev–Trinajstić information content (AvgIpc) is 3.58. The number of carboxylic acids is 1. The number of carbonyl (C=O) groups excluding carboxylic acids is 2. The van der Waals surface area contributed by atoms with Crippen LogP contribution < -0.4 is 14.5 Å². The maximum atomic E-state index is 13.2. The fourth-order valence-corrected chi connectivity index (χ4v) is 6.31. The lowest BCUT2D eigenvalue weighted by Crippen LogP contribution is -2.69. The van der Waals surface area contributed by atoms with E-state index in [-0.39, 0.29) is 41.3 Å². The summed E-state index contributed by atoms with van der Waals surface area (Å²) in [5.74, 6) is -9.38. The third-order valence-corrected chi connectivity index (χ3v) is 9.32. The molecule has 2 fully saturated rings. The van der Waals surface area contributed by atoms with Gasteiger partial charge < -0.3 is 84.8 Å². The summed E-state index contributed by atoms with van der Waals surface area (Å²) in [7, 11) is 0. The summed E-state index contributed by atoms with van der Waals surface area (Å²) in [4.78, 5) is 40.2. The quantitative estimate of drug-likeness (QED) is 0.0456. The van der Waals surface area contributed by atoms with Gasteiger partial charge in [0.15, 0.2) is 23.2 Å². The Morgan fingerprint density at radius 2 is 1.67 bits per heavy atom. The second-order valence-electron chi connectivity index (χ2n) is 13.0. The molecule has 0 aliphatic carbocycles. The first-order valence-electron chi connectivity index (χ1n) is 16.4. The Hall–Kier alpha value is -5.03. The van der Waals surface area contributed by atoms with Crippen LogP contribution in [-0.4, -0.2) is 140 Å². The van der Waals surface area contributed by atoms with E-state index in [9.17, 15) is 70.6 Å². The fraction of sp³-hybridized carbons (Fsp3) is 0.441. The van der Waals surface area contributed by atoms with E-state index in [2.05, 4.69) is 4.98 Å². The Labute approximate surface area is 303 Å². The molecule has 3 aliphatic rings. The highest BCUT2D eigenvalue weighted by atomic mass is 16.8. The van der Waals surface area contributed by atoms with Crippen molar-refractivity contribution in [3.8, 4) is 28.7 Å². The molecule has 20 nitrogen and oxygen atoms in total. The first-order valence-corrected chi connectivity index (χ1v) is 16.4. The number of ketones is 1. The van der Waals surface area contributed by atoms with Crippen molar-refractivity contribution in [3.05, 3.63) is 64.5 Å². The zero-order valence-electron chi connectivity index (χ0n) is 28.0. The van der Waals surface area contributed by atoms with Crippen LogP contribution in [0.2, 0.25) is 0 Å². The molecular weight excluding hydrogens is 726 g/mol. The molecule has 2 aromatic carbocycles. The molecule has 0 bridgehead atoms. The van der Waals surface area contributed by atoms with Crippen molar-refractivity contribution in [2.24, 2.45) is 0 Å². The smallest absolute Gasteiger partial charge is 0.340 e. The van der Waals surface area contributed by atoms with Crippen LogP contribution >= 0.6 is 0 Å². The predicted octanol–water partition coefficient (Wildman–Crippen LogP) is -2.73. The molecule has 0 saturated carbocycles. The first-order chi connectivity index (χ1) is 25.4. The second kappa shape index (κ2) is 14.7. The third-order valence-electron chi connectivity index (χ3n) is 9.32. The van der Waals surface area contributed by atoms with E-state index in [4.69, 9.17) is 23.7 Å². The zero-order valence-corrected chi connectivity index (χ0v) is 28.0. The van der Waals surface area contributed by atoms with E-state index in [0.717, 1.165) is 0 Å². The number of nitrogens with zero attached hydrogens (tertiary/aromatic N) is 1. The number of hydrogen-bond acceptors (Lipinski definition) is 17. The number of hydrogen-bond donors (Lipinski definition) is 11. The minimum absolute atomic E-state index is 0.0147. The summed E-state index contributed by atoms with van der Waals surface area (Å²) in [5, 5.41) is 113. The van der Waals surface area contributed by atoms with Crippen LogP contribution in [0.4, 0.5) is 0 Å². The number of phenolic OH excluding ortho intramolecular Hbond substituents is 3. The number of ether oxygens (including phenoxy) is 5. The number of fused-ring (bicyclic) bond motifs is 1. The largest absolute Gasteiger partial charge is 0.667 e. The monoisotopic (exact) mass is 763 g/mol. The lowest BCUT2D eigenvalue weighted by Gasteiger charge is -2.44. The molecule has 1 aromatic heterocycles. The van der Waals surface area contributed by atoms with Crippen LogP contribution in [0.3, 0.4) is 0 Å². The van der Waals surface area contributed by atoms with Gasteiger partial charge in [-0.25, -0.2) is 9.59 Å². The van der Waals surface area contributed by atoms with Gasteiger partial charge in [0.2, 0.25) is 24.5 Å². The standard InChI is InChI=1S/C34H36NO19/c1-2-13-5-11(10-35-13)6-14-19(9-20-21(22(14)39)17(38)8-18(50-20)12-3-4-15(36)16(37)7-12)51-32-25(42)23(40)24(41)27(52-32)31(47)54-33-26(43)28(44)34(48,49)29(53-33)30(45)46/h3-5,7,9-10,18,23-29,32-33,36-37,40-44,48-49H,2,6,8H2,1H3,(H,38,39)(H,45,46)/q-1/p+1/t18?,23-,24-,25+,26+,27-,28+,29+,32-,33+/m0/s1. The van der Waals surface area contributed by atoms with Crippen molar-refractivity contribution in [2.45, 2.75) is 93.4 Å². The van der Waals surface area contributed by atoms with E-state index in [1.165, 1.54) is 30.5 Å². The van der Waals surface area contributed by atoms with Crippen LogP contribution in [0.1, 0.15) is 47.4 Å². The number of aromatic nitrogens is 1. The number of rotatable bonds is 9. The highest BCUT2D eigenvalue weighted by molar-refractivity contribution is 6.04. The Bertz CT molecular complexity index is 1930. The van der Waals surface area contributed by atoms with Crippen molar-refractivity contribution in [1.29, 1.82) is 0 Å². The van der Waals surface area contributed by atoms with E-state index in [1.54, 1.807) is 6.07 Å². The molecule has 20 heteroatoms. The molecule has 4 heterocycles. The van der Waals surface area contributed by atoms with Crippen molar-refractivity contribution in [1.82, 2.24) is 4.98 Å². The number of benzene rings is 2. The summed E-state index contributed by atoms with van der Waals surface area (Å²) in [6.07, 6.45) is -20.1. The Kier molecular flexibility index (Phi) is 10.5. The van der Waals surface area contributed by atoms with Gasteiger partial charge in [-0.15, -0.1) is 0 Å². The van der Waals surface area contributed by atoms with E-state index >= 15 is 0 Å². The first kappa shape index (κ1) is 38.7. The molecule has 0 amide bonds. The highest BCUT2D eigenvalue weighted by Crippen LogP contribution is 2.47. The number of aliphatic carboxylic acids is 1. The molecular formula is C34H37NO19. The minimum Gasteiger partial charge on any atom is -0.667 e. The molecule has 3 aliphatic heterocycles. The van der Waals surface area contributed by atoms with Gasteiger partial charge in [-0.1, -0.05) is 31.0 Å². The zero-order chi connectivity index (χ0) is 39.4. The van der Waals surface area contributed by atoms with Crippen LogP contribution in [0.5, 0.6) is 28.7 Å². The SMILES string of the molecule is CCc1cc(Cc2c(O[C@H]3O[C@H](C(=O)O[C@H]4O[C@H](C(=O)O)C(O)(O)[C@H](O)[C@H]4O)[C@@H](O)[C@H](O)[C@H]3O)cc3c(c2O)C(=[OH+])CC(c2ccc(O)c(O)c2)O3)c[n-]1. The van der Waals surface area contributed by atoms with Crippen molar-refractivity contribution in [2.75, 3.05) is 0 Å². The predicted molar refractivity (Wildman–Crippen MR) is 173 cm³/mol. The summed E-state index contributed by atoms with van der Waals surface area (Å²) < 4.78 is 27.2. The maximum Gasteiger partial charge on any atom is 0.340 e. The summed E-state index contributed by atoms with van der Waals surface area (Å²) in [5.41, 5.74) is 1.47. The number of phenols is 3. The minimum atomic E-state index is -3.52. The molecule has 12 N–H and O–H groups in total. The second-order valence-corrected chi connectivity index (χ2v) is 13.0. The van der Waals surface area contributed by atoms with Gasteiger partial charge in [0.1, 0.15) is 60.3 Å². The van der Waals surface area contributed by atoms with E-state index < -0.39 is 96.4 Å². The van der Waals surface area contributed by atoms with Crippen molar-refractivity contribution >= 4 is 17.7 Å². The van der Waals surface area contributed by atoms with E-state index in [1.807, 2.05) is 6.92 Å². The number of carboxylic acid groups (broad SMARTS) is 1. The Balaban J connectivity index is 1.32. The molecule has 6 rings (SSSR count). The number of aryl methyl sites for hydroxylation is 1. The van der Waals surface area contributed by atoms with Gasteiger partial charge in [0.05, 0.1) is 0 Å². The maximum absolute atomic E-state index is 13.2. The average molecular weight is 764 g/mol. The van der Waals surface area contributed by atoms with Crippen LogP contribution in [0, 0.1) is 0 Å². The van der Waals surface area contributed by atoms with Gasteiger partial charge in [0, 0.05) is 18.1 Å². The van der Waals surface area contributed by atoms with Crippen LogP contribution in [0.15, 0.2) is 36.5 Å². The lowest BCUT2D eigenvalue weighted by molar-refractivity contribution is -0.372. The lowest BCUT2D eigenvalue weighted by atomic mass is 9.92. The van der Waals surface area contributed by atoms with E-state index in [0.29, 0.717) is 23.2 Å². The third kappa shape index (κ3) is 7.01. The molecule has 2 saturated heterocycles. The fourth-order valence-electron chi connectivity index (χ4n) is 6.31. The van der Waals surface area contributed by atoms with Gasteiger partial charge >= 0.3 is 17.7 Å². The molecule has 54 heavy (non-hydrogen) atoms. The highest BCUT2D eigenvalue weighted by Gasteiger charge is 2.59. The van der Waals surface area contributed by atoms with Gasteiger partial charge in [-0.05, 0) is 17.7 Å². The van der Waals surface area contributed by atoms with Crippen LogP contribution in [-0.2, 0) is 36.6 Å². The topological polar surface area (TPSA) is 338 Å². The van der Waals surface area contributed by atoms with Crippen LogP contribution in [0.25, 0.3) is 0 Å². The molecule has 1 unspecified atom stereocenters. The normalized spacial score (nSPS) is 30.6.